The molecule has 1 unspecified atom stereocenters. The Morgan fingerprint density at radius 2 is 1.38 bits per heavy atom. The maximum Gasteiger partial charge on any atom is 0.407 e. The number of rotatable bonds is 15. The molecule has 1 atom stereocenters. The van der Waals surface area contributed by atoms with E-state index in [0.29, 0.717) is 19.6 Å². The lowest BCUT2D eigenvalue weighted by Crippen LogP contribution is -2.42. The molecule has 24 heavy (non-hydrogen) atoms. The summed E-state index contributed by atoms with van der Waals surface area (Å²) >= 11 is 0. The maximum absolute atomic E-state index is 12.2. The summed E-state index contributed by atoms with van der Waals surface area (Å²) in [5.74, 6) is -0.340. The molecule has 0 aromatic rings. The zero-order valence-electron chi connectivity index (χ0n) is 15.9. The van der Waals surface area contributed by atoms with Crippen molar-refractivity contribution in [3.8, 4) is 0 Å². The Hall–Kier alpha value is -1.26. The lowest BCUT2D eigenvalue weighted by atomic mass is 10.1. The van der Waals surface area contributed by atoms with Gasteiger partial charge in [-0.2, -0.15) is 0 Å². The predicted octanol–water partition coefficient (Wildman–Crippen LogP) is 4.98. The zero-order chi connectivity index (χ0) is 18.0. The number of hydrogen-bond donors (Lipinski definition) is 1. The fraction of sp³-hybridized carbons (Fsp3) is 0.895. The van der Waals surface area contributed by atoms with Crippen LogP contribution in [-0.4, -0.2) is 31.3 Å². The Balaban J connectivity index is 4.08. The van der Waals surface area contributed by atoms with Crippen LogP contribution < -0.4 is 5.32 Å². The van der Waals surface area contributed by atoms with Crippen molar-refractivity contribution in [2.45, 2.75) is 97.4 Å². The number of ether oxygens (including phenoxy) is 2. The van der Waals surface area contributed by atoms with Crippen LogP contribution in [0, 0.1) is 0 Å². The molecule has 142 valence electrons. The van der Waals surface area contributed by atoms with Crippen molar-refractivity contribution in [3.63, 3.8) is 0 Å². The van der Waals surface area contributed by atoms with Gasteiger partial charge < -0.3 is 14.8 Å². The number of amides is 1. The molecular formula is C19H37NO4. The molecule has 0 saturated carbocycles. The third kappa shape index (κ3) is 13.2. The average molecular weight is 344 g/mol. The normalized spacial score (nSPS) is 11.8. The lowest BCUT2D eigenvalue weighted by molar-refractivity contribution is -0.146. The molecule has 5 nitrogen and oxygen atoms in total. The smallest absolute Gasteiger partial charge is 0.407 e. The van der Waals surface area contributed by atoms with Crippen LogP contribution in [0.2, 0.25) is 0 Å². The first-order chi connectivity index (χ1) is 11.7. The highest BCUT2D eigenvalue weighted by atomic mass is 16.6. The Kier molecular flexibility index (Phi) is 15.7. The standard InChI is InChI=1S/C19H37NO4/c1-4-7-9-11-12-14-16-24-18(21)17(15-13-10-8-5-2)20-19(22)23-6-3/h17H,4-16H2,1-3H3,(H,20,22). The minimum absolute atomic E-state index is 0.293. The van der Waals surface area contributed by atoms with Gasteiger partial charge in [-0.15, -0.1) is 0 Å². The van der Waals surface area contributed by atoms with Crippen molar-refractivity contribution in [3.05, 3.63) is 0 Å². The number of esters is 1. The average Bonchev–Trinajstić information content (AvgIpc) is 2.56. The molecule has 0 rings (SSSR count). The maximum atomic E-state index is 12.2. The topological polar surface area (TPSA) is 64.6 Å². The summed E-state index contributed by atoms with van der Waals surface area (Å²) in [5, 5.41) is 2.63. The van der Waals surface area contributed by atoms with Crippen LogP contribution in [0.1, 0.15) is 91.4 Å². The first kappa shape index (κ1) is 22.7. The van der Waals surface area contributed by atoms with E-state index in [-0.39, 0.29) is 5.97 Å². The minimum Gasteiger partial charge on any atom is -0.464 e. The molecule has 0 spiro atoms. The third-order valence-corrected chi connectivity index (χ3v) is 3.94. The molecule has 5 heteroatoms. The van der Waals surface area contributed by atoms with E-state index in [0.717, 1.165) is 38.5 Å². The molecule has 0 saturated heterocycles. The quantitative estimate of drug-likeness (QED) is 0.336. The summed E-state index contributed by atoms with van der Waals surface area (Å²) in [5.41, 5.74) is 0. The van der Waals surface area contributed by atoms with E-state index >= 15 is 0 Å². The van der Waals surface area contributed by atoms with Crippen molar-refractivity contribution in [1.29, 1.82) is 0 Å². The molecule has 0 fully saturated rings. The molecular weight excluding hydrogens is 306 g/mol. The van der Waals surface area contributed by atoms with Gasteiger partial charge in [-0.05, 0) is 19.8 Å². The molecule has 1 N–H and O–H groups in total. The molecule has 1 amide bonds. The molecule has 0 aliphatic carbocycles. The number of hydrogen-bond acceptors (Lipinski definition) is 4. The van der Waals surface area contributed by atoms with Gasteiger partial charge in [0.2, 0.25) is 0 Å². The zero-order valence-corrected chi connectivity index (χ0v) is 15.9. The van der Waals surface area contributed by atoms with E-state index < -0.39 is 12.1 Å². The van der Waals surface area contributed by atoms with E-state index in [1.165, 1.54) is 25.7 Å². The summed E-state index contributed by atoms with van der Waals surface area (Å²) in [4.78, 5) is 23.8. The second-order valence-electron chi connectivity index (χ2n) is 6.20. The van der Waals surface area contributed by atoms with Gasteiger partial charge in [0.1, 0.15) is 6.04 Å². The molecule has 0 bridgehead atoms. The van der Waals surface area contributed by atoms with Gasteiger partial charge in [-0.1, -0.05) is 71.6 Å². The molecule has 0 aliphatic heterocycles. The first-order valence-corrected chi connectivity index (χ1v) is 9.75. The van der Waals surface area contributed by atoms with E-state index in [1.54, 1.807) is 6.92 Å². The van der Waals surface area contributed by atoms with Crippen molar-refractivity contribution in [2.75, 3.05) is 13.2 Å². The Morgan fingerprint density at radius 1 is 0.792 bits per heavy atom. The lowest BCUT2D eigenvalue weighted by Gasteiger charge is -2.17. The van der Waals surface area contributed by atoms with E-state index in [2.05, 4.69) is 19.2 Å². The fourth-order valence-electron chi connectivity index (χ4n) is 2.49. The van der Waals surface area contributed by atoms with Crippen LogP contribution in [0.5, 0.6) is 0 Å². The Morgan fingerprint density at radius 3 is 2.00 bits per heavy atom. The van der Waals surface area contributed by atoms with Crippen molar-refractivity contribution in [2.24, 2.45) is 0 Å². The summed E-state index contributed by atoms with van der Waals surface area (Å²) in [7, 11) is 0. The van der Waals surface area contributed by atoms with Crippen molar-refractivity contribution in [1.82, 2.24) is 5.32 Å². The molecule has 0 radical (unpaired) electrons. The number of nitrogens with one attached hydrogen (secondary N) is 1. The van der Waals surface area contributed by atoms with Gasteiger partial charge in [-0.25, -0.2) is 9.59 Å². The van der Waals surface area contributed by atoms with Gasteiger partial charge in [-0.3, -0.25) is 0 Å². The third-order valence-electron chi connectivity index (χ3n) is 3.94. The van der Waals surface area contributed by atoms with Gasteiger partial charge in [0, 0.05) is 0 Å². The van der Waals surface area contributed by atoms with E-state index in [1.807, 2.05) is 0 Å². The highest BCUT2D eigenvalue weighted by Gasteiger charge is 2.22. The molecule has 0 aliphatic rings. The highest BCUT2D eigenvalue weighted by molar-refractivity contribution is 5.81. The largest absolute Gasteiger partial charge is 0.464 e. The predicted molar refractivity (Wildman–Crippen MR) is 97.0 cm³/mol. The SMILES string of the molecule is CCCCCCCCOC(=O)C(CCCCCC)NC(=O)OCC. The van der Waals surface area contributed by atoms with Gasteiger partial charge >= 0.3 is 12.1 Å². The molecule has 0 aromatic heterocycles. The fourth-order valence-corrected chi connectivity index (χ4v) is 2.49. The summed E-state index contributed by atoms with van der Waals surface area (Å²) in [6.45, 7) is 6.80. The van der Waals surface area contributed by atoms with Crippen LogP contribution in [0.25, 0.3) is 0 Å². The first-order valence-electron chi connectivity index (χ1n) is 9.75. The van der Waals surface area contributed by atoms with E-state index in [9.17, 15) is 9.59 Å². The number of carbonyl (C=O) groups excluding carboxylic acids is 2. The molecule has 0 heterocycles. The van der Waals surface area contributed by atoms with Crippen LogP contribution in [0.15, 0.2) is 0 Å². The van der Waals surface area contributed by atoms with Crippen LogP contribution in [0.3, 0.4) is 0 Å². The van der Waals surface area contributed by atoms with Gasteiger partial charge in [0.25, 0.3) is 0 Å². The second kappa shape index (κ2) is 16.6. The summed E-state index contributed by atoms with van der Waals surface area (Å²) in [6, 6.07) is -0.596. The molecule has 0 aromatic carbocycles. The summed E-state index contributed by atoms with van der Waals surface area (Å²) < 4.78 is 10.2. The van der Waals surface area contributed by atoms with E-state index in [4.69, 9.17) is 9.47 Å². The Bertz CT molecular complexity index is 320. The van der Waals surface area contributed by atoms with Crippen molar-refractivity contribution >= 4 is 12.1 Å². The second-order valence-corrected chi connectivity index (χ2v) is 6.20. The van der Waals surface area contributed by atoms with Crippen LogP contribution in [-0.2, 0) is 14.3 Å². The van der Waals surface area contributed by atoms with Crippen LogP contribution >= 0.6 is 0 Å². The summed E-state index contributed by atoms with van der Waals surface area (Å²) in [6.07, 6.45) is 11.2. The van der Waals surface area contributed by atoms with Gasteiger partial charge in [0.15, 0.2) is 0 Å². The number of unbranched alkanes of at least 4 members (excludes halogenated alkanes) is 8. The number of carbonyl (C=O) groups is 2. The van der Waals surface area contributed by atoms with Gasteiger partial charge in [0.05, 0.1) is 13.2 Å². The Labute approximate surface area is 147 Å². The monoisotopic (exact) mass is 343 g/mol. The number of alkyl carbamates (subject to hydrolysis) is 1. The highest BCUT2D eigenvalue weighted by Crippen LogP contribution is 2.09. The minimum atomic E-state index is -0.596. The van der Waals surface area contributed by atoms with Crippen molar-refractivity contribution < 1.29 is 19.1 Å². The van der Waals surface area contributed by atoms with Crippen LogP contribution in [0.4, 0.5) is 4.79 Å².